The molecule has 0 aliphatic rings. The molecule has 18 heavy (non-hydrogen) atoms. The Kier molecular flexibility index (Phi) is 3.16. The summed E-state index contributed by atoms with van der Waals surface area (Å²) in [6.45, 7) is 0. The maximum Gasteiger partial charge on any atom is 0.573 e. The molecule has 0 amide bonds. The van der Waals surface area contributed by atoms with E-state index >= 15 is 0 Å². The van der Waals surface area contributed by atoms with Crippen LogP contribution in [0.15, 0.2) is 23.0 Å². The van der Waals surface area contributed by atoms with Crippen molar-refractivity contribution < 1.29 is 17.9 Å². The first-order valence-electron chi connectivity index (χ1n) is 4.74. The zero-order valence-corrected chi connectivity index (χ0v) is 9.47. The number of halogens is 4. The molecule has 0 radical (unpaired) electrons. The summed E-state index contributed by atoms with van der Waals surface area (Å²) in [4.78, 5) is 17.9. The van der Waals surface area contributed by atoms with Crippen LogP contribution in [0.2, 0.25) is 0 Å². The molecule has 0 saturated carbocycles. The molecule has 0 aliphatic carbocycles. The standard InChI is InChI=1S/C10H6ClF3N2O2/c11-4-8-15-7-2-1-5(18-10(12,13)14)3-6(7)9(17)16-8/h1-3H,4H2,(H,15,16,17). The fourth-order valence-electron chi connectivity index (χ4n) is 1.43. The van der Waals surface area contributed by atoms with Gasteiger partial charge < -0.3 is 9.72 Å². The van der Waals surface area contributed by atoms with Crippen molar-refractivity contribution >= 4 is 22.5 Å². The lowest BCUT2D eigenvalue weighted by Crippen LogP contribution is -2.17. The first-order valence-corrected chi connectivity index (χ1v) is 5.27. The highest BCUT2D eigenvalue weighted by molar-refractivity contribution is 6.16. The van der Waals surface area contributed by atoms with E-state index in [1.165, 1.54) is 6.07 Å². The van der Waals surface area contributed by atoms with E-state index in [1.807, 2.05) is 0 Å². The Balaban J connectivity index is 2.52. The van der Waals surface area contributed by atoms with Crippen molar-refractivity contribution in [3.8, 4) is 5.75 Å². The maximum atomic E-state index is 12.0. The number of benzene rings is 1. The van der Waals surface area contributed by atoms with Crippen molar-refractivity contribution in [1.29, 1.82) is 0 Å². The predicted molar refractivity (Wildman–Crippen MR) is 58.6 cm³/mol. The van der Waals surface area contributed by atoms with Crippen LogP contribution in [-0.2, 0) is 5.88 Å². The van der Waals surface area contributed by atoms with Gasteiger partial charge >= 0.3 is 6.36 Å². The van der Waals surface area contributed by atoms with Gasteiger partial charge in [-0.25, -0.2) is 4.98 Å². The van der Waals surface area contributed by atoms with Crippen LogP contribution in [0.4, 0.5) is 13.2 Å². The zero-order chi connectivity index (χ0) is 13.3. The number of alkyl halides is 4. The number of aromatic amines is 1. The Morgan fingerprint density at radius 2 is 2.11 bits per heavy atom. The van der Waals surface area contributed by atoms with Crippen molar-refractivity contribution in [2.45, 2.75) is 12.2 Å². The Hall–Kier alpha value is -1.76. The molecule has 0 unspecified atom stereocenters. The van der Waals surface area contributed by atoms with Crippen molar-refractivity contribution in [3.63, 3.8) is 0 Å². The molecule has 8 heteroatoms. The maximum absolute atomic E-state index is 12.0. The number of nitrogens with one attached hydrogen (secondary N) is 1. The van der Waals surface area contributed by atoms with Gasteiger partial charge in [0.1, 0.15) is 11.6 Å². The second-order valence-corrected chi connectivity index (χ2v) is 3.64. The quantitative estimate of drug-likeness (QED) is 0.859. The summed E-state index contributed by atoms with van der Waals surface area (Å²) in [6.07, 6.45) is -4.80. The third kappa shape index (κ3) is 2.73. The lowest BCUT2D eigenvalue weighted by Gasteiger charge is -2.09. The number of fused-ring (bicyclic) bond motifs is 1. The molecule has 0 fully saturated rings. The first-order chi connectivity index (χ1) is 8.39. The van der Waals surface area contributed by atoms with E-state index in [4.69, 9.17) is 11.6 Å². The van der Waals surface area contributed by atoms with Crippen LogP contribution >= 0.6 is 11.6 Å². The number of hydrogen-bond acceptors (Lipinski definition) is 3. The Labute approximate surface area is 103 Å². The number of H-pyrrole nitrogens is 1. The van der Waals surface area contributed by atoms with Gasteiger partial charge in [-0.15, -0.1) is 24.8 Å². The van der Waals surface area contributed by atoms with Crippen LogP contribution in [-0.4, -0.2) is 16.3 Å². The van der Waals surface area contributed by atoms with Gasteiger partial charge in [0.15, 0.2) is 0 Å². The fraction of sp³-hybridized carbons (Fsp3) is 0.200. The lowest BCUT2D eigenvalue weighted by atomic mass is 10.2. The lowest BCUT2D eigenvalue weighted by molar-refractivity contribution is -0.274. The number of ether oxygens (including phenoxy) is 1. The minimum Gasteiger partial charge on any atom is -0.406 e. The minimum absolute atomic E-state index is 0.00520. The molecule has 1 heterocycles. The Morgan fingerprint density at radius 3 is 2.72 bits per heavy atom. The zero-order valence-electron chi connectivity index (χ0n) is 8.71. The van der Waals surface area contributed by atoms with Crippen LogP contribution in [0.3, 0.4) is 0 Å². The van der Waals surface area contributed by atoms with E-state index < -0.39 is 17.7 Å². The summed E-state index contributed by atoms with van der Waals surface area (Å²) < 4.78 is 39.8. The molecule has 0 bridgehead atoms. The number of aromatic nitrogens is 2. The first kappa shape index (κ1) is 12.7. The highest BCUT2D eigenvalue weighted by Crippen LogP contribution is 2.24. The Bertz CT molecular complexity index is 639. The molecule has 96 valence electrons. The second kappa shape index (κ2) is 4.49. The molecule has 2 rings (SSSR count). The molecular formula is C10H6ClF3N2O2. The van der Waals surface area contributed by atoms with Crippen LogP contribution < -0.4 is 10.3 Å². The van der Waals surface area contributed by atoms with Gasteiger partial charge in [-0.3, -0.25) is 4.79 Å². The largest absolute Gasteiger partial charge is 0.573 e. The molecule has 0 aliphatic heterocycles. The average molecular weight is 279 g/mol. The summed E-state index contributed by atoms with van der Waals surface area (Å²) in [6, 6.07) is 3.33. The SMILES string of the molecule is O=c1[nH]c(CCl)nc2ccc(OC(F)(F)F)cc12. The summed E-state index contributed by atoms with van der Waals surface area (Å²) in [5.41, 5.74) is -0.313. The van der Waals surface area contributed by atoms with Crippen LogP contribution in [0.25, 0.3) is 10.9 Å². The predicted octanol–water partition coefficient (Wildman–Crippen LogP) is 2.56. The van der Waals surface area contributed by atoms with E-state index in [1.54, 1.807) is 0 Å². The number of rotatable bonds is 2. The monoisotopic (exact) mass is 278 g/mol. The topological polar surface area (TPSA) is 55.0 Å². The van der Waals surface area contributed by atoms with Gasteiger partial charge in [0.05, 0.1) is 16.8 Å². The summed E-state index contributed by atoms with van der Waals surface area (Å²) in [5, 5.41) is 0.00520. The van der Waals surface area contributed by atoms with Crippen molar-refractivity contribution in [3.05, 3.63) is 34.4 Å². The van der Waals surface area contributed by atoms with Gasteiger partial charge in [-0.05, 0) is 18.2 Å². The van der Waals surface area contributed by atoms with Crippen LogP contribution in [0.1, 0.15) is 5.82 Å². The molecule has 1 N–H and O–H groups in total. The number of nitrogens with zero attached hydrogens (tertiary/aromatic N) is 1. The van der Waals surface area contributed by atoms with Crippen molar-refractivity contribution in [2.24, 2.45) is 0 Å². The van der Waals surface area contributed by atoms with E-state index in [-0.39, 0.29) is 22.6 Å². The average Bonchev–Trinajstić information content (AvgIpc) is 2.27. The highest BCUT2D eigenvalue weighted by atomic mass is 35.5. The molecular weight excluding hydrogens is 273 g/mol. The number of hydrogen-bond donors (Lipinski definition) is 1. The second-order valence-electron chi connectivity index (χ2n) is 3.37. The third-order valence-corrected chi connectivity index (χ3v) is 2.34. The molecule has 1 aromatic heterocycles. The van der Waals surface area contributed by atoms with Gasteiger partial charge in [-0.1, -0.05) is 0 Å². The van der Waals surface area contributed by atoms with Crippen molar-refractivity contribution in [2.75, 3.05) is 0 Å². The molecule has 0 spiro atoms. The van der Waals surface area contributed by atoms with E-state index in [2.05, 4.69) is 14.7 Å². The van der Waals surface area contributed by atoms with Gasteiger partial charge in [0.2, 0.25) is 0 Å². The highest BCUT2D eigenvalue weighted by Gasteiger charge is 2.31. The summed E-state index contributed by atoms with van der Waals surface area (Å²) in [5.74, 6) is -0.217. The van der Waals surface area contributed by atoms with E-state index in [0.29, 0.717) is 0 Å². The minimum atomic E-state index is -4.80. The molecule has 0 atom stereocenters. The van der Waals surface area contributed by atoms with Crippen molar-refractivity contribution in [1.82, 2.24) is 9.97 Å². The normalized spacial score (nSPS) is 11.8. The Morgan fingerprint density at radius 1 is 1.39 bits per heavy atom. The third-order valence-electron chi connectivity index (χ3n) is 2.09. The van der Waals surface area contributed by atoms with Gasteiger partial charge in [0.25, 0.3) is 5.56 Å². The fourth-order valence-corrected chi connectivity index (χ4v) is 1.55. The summed E-state index contributed by atoms with van der Waals surface area (Å²) in [7, 11) is 0. The van der Waals surface area contributed by atoms with Crippen LogP contribution in [0.5, 0.6) is 5.75 Å². The summed E-state index contributed by atoms with van der Waals surface area (Å²) >= 11 is 5.51. The van der Waals surface area contributed by atoms with Gasteiger partial charge in [-0.2, -0.15) is 0 Å². The van der Waals surface area contributed by atoms with Crippen LogP contribution in [0, 0.1) is 0 Å². The molecule has 2 aromatic rings. The molecule has 4 nitrogen and oxygen atoms in total. The molecule has 0 saturated heterocycles. The molecule has 1 aromatic carbocycles. The van der Waals surface area contributed by atoms with Gasteiger partial charge in [0, 0.05) is 0 Å². The van der Waals surface area contributed by atoms with E-state index in [9.17, 15) is 18.0 Å². The smallest absolute Gasteiger partial charge is 0.406 e. The van der Waals surface area contributed by atoms with E-state index in [0.717, 1.165) is 12.1 Å².